The highest BCUT2D eigenvalue weighted by Crippen LogP contribution is 2.34. The van der Waals surface area contributed by atoms with Gasteiger partial charge >= 0.3 is 6.18 Å². The Balaban J connectivity index is 1.76. The van der Waals surface area contributed by atoms with Crippen molar-refractivity contribution in [2.24, 2.45) is 0 Å². The molecule has 0 unspecified atom stereocenters. The lowest BCUT2D eigenvalue weighted by atomic mass is 10.2. The molecule has 0 aliphatic carbocycles. The number of thioether (sulfide) groups is 1. The number of amides is 1. The molecule has 33 heavy (non-hydrogen) atoms. The summed E-state index contributed by atoms with van der Waals surface area (Å²) in [6.07, 6.45) is -4.55. The molecule has 1 heterocycles. The van der Waals surface area contributed by atoms with Gasteiger partial charge in [0.15, 0.2) is 11.0 Å². The number of methoxy groups -OCH3 is 2. The number of benzene rings is 2. The van der Waals surface area contributed by atoms with Gasteiger partial charge in [-0.3, -0.25) is 4.79 Å². The normalized spacial score (nSPS) is 11.4. The minimum absolute atomic E-state index is 0.00679. The van der Waals surface area contributed by atoms with Crippen molar-refractivity contribution >= 4 is 35.0 Å². The van der Waals surface area contributed by atoms with E-state index in [-0.39, 0.29) is 16.5 Å². The van der Waals surface area contributed by atoms with Crippen LogP contribution < -0.4 is 14.8 Å². The molecule has 0 saturated carbocycles. The average Bonchev–Trinajstić information content (AvgIpc) is 3.21. The van der Waals surface area contributed by atoms with Gasteiger partial charge < -0.3 is 19.4 Å². The molecule has 3 rings (SSSR count). The molecule has 176 valence electrons. The van der Waals surface area contributed by atoms with Crippen LogP contribution in [0.25, 0.3) is 11.4 Å². The number of halogens is 4. The van der Waals surface area contributed by atoms with E-state index < -0.39 is 17.6 Å². The summed E-state index contributed by atoms with van der Waals surface area (Å²) in [5, 5.41) is 11.3. The van der Waals surface area contributed by atoms with E-state index in [1.54, 1.807) is 32.4 Å². The van der Waals surface area contributed by atoms with Crippen LogP contribution in [0.5, 0.6) is 11.5 Å². The quantitative estimate of drug-likeness (QED) is 0.418. The number of alkyl halides is 3. The molecule has 12 heteroatoms. The maximum Gasteiger partial charge on any atom is 0.416 e. The Labute approximate surface area is 197 Å². The molecule has 0 radical (unpaired) electrons. The van der Waals surface area contributed by atoms with Gasteiger partial charge in [0.2, 0.25) is 5.91 Å². The Morgan fingerprint density at radius 1 is 1.12 bits per heavy atom. The molecule has 0 fully saturated rings. The van der Waals surface area contributed by atoms with E-state index in [9.17, 15) is 18.0 Å². The highest BCUT2D eigenvalue weighted by molar-refractivity contribution is 7.99. The molecule has 1 amide bonds. The molecule has 7 nitrogen and oxygen atoms in total. The fraction of sp³-hybridized carbons (Fsp3) is 0.286. The van der Waals surface area contributed by atoms with Crippen LogP contribution in [0.2, 0.25) is 5.02 Å². The first-order valence-electron chi connectivity index (χ1n) is 9.62. The van der Waals surface area contributed by atoms with E-state index in [1.807, 2.05) is 11.5 Å². The zero-order valence-corrected chi connectivity index (χ0v) is 19.4. The van der Waals surface area contributed by atoms with Crippen molar-refractivity contribution in [2.45, 2.75) is 24.8 Å². The summed E-state index contributed by atoms with van der Waals surface area (Å²) in [7, 11) is 3.08. The van der Waals surface area contributed by atoms with Crippen LogP contribution in [0.4, 0.5) is 18.9 Å². The number of carbonyl (C=O) groups excluding carboxylic acids is 1. The fourth-order valence-electron chi connectivity index (χ4n) is 2.94. The van der Waals surface area contributed by atoms with Gasteiger partial charge in [0, 0.05) is 18.2 Å². The highest BCUT2D eigenvalue weighted by Gasteiger charge is 2.31. The monoisotopic (exact) mass is 500 g/mol. The number of rotatable bonds is 8. The second-order valence-electron chi connectivity index (χ2n) is 6.68. The SMILES string of the molecule is CCn1c(SCC(=O)Nc2cc(C(F)(F)F)ccc2Cl)nnc1-c1cc(OC)cc(OC)c1. The smallest absolute Gasteiger partial charge is 0.416 e. The largest absolute Gasteiger partial charge is 0.497 e. The summed E-state index contributed by atoms with van der Waals surface area (Å²) < 4.78 is 51.2. The number of aromatic nitrogens is 3. The highest BCUT2D eigenvalue weighted by atomic mass is 35.5. The first-order chi connectivity index (χ1) is 15.7. The second kappa shape index (κ2) is 10.3. The molecule has 1 aromatic heterocycles. The van der Waals surface area contributed by atoms with Crippen molar-refractivity contribution in [3.8, 4) is 22.9 Å². The molecule has 0 atom stereocenters. The molecular weight excluding hydrogens is 481 g/mol. The minimum Gasteiger partial charge on any atom is -0.497 e. The van der Waals surface area contributed by atoms with Gasteiger partial charge in [-0.15, -0.1) is 10.2 Å². The summed E-state index contributed by atoms with van der Waals surface area (Å²) in [5.41, 5.74) is -0.301. The third-order valence-corrected chi connectivity index (χ3v) is 5.84. The van der Waals surface area contributed by atoms with E-state index in [1.165, 1.54) is 0 Å². The van der Waals surface area contributed by atoms with Crippen LogP contribution in [0, 0.1) is 0 Å². The number of nitrogens with zero attached hydrogens (tertiary/aromatic N) is 3. The lowest BCUT2D eigenvalue weighted by molar-refractivity contribution is -0.137. The molecule has 0 bridgehead atoms. The summed E-state index contributed by atoms with van der Waals surface area (Å²) in [6, 6.07) is 8.05. The van der Waals surface area contributed by atoms with Gasteiger partial charge in [-0.25, -0.2) is 0 Å². The third-order valence-electron chi connectivity index (χ3n) is 4.54. The molecular formula is C21H20ClF3N4O3S. The summed E-state index contributed by atoms with van der Waals surface area (Å²) in [6.45, 7) is 2.42. The van der Waals surface area contributed by atoms with Crippen LogP contribution in [0.15, 0.2) is 41.6 Å². The standard InChI is InChI=1S/C21H20ClF3N4O3S/c1-4-29-19(12-7-14(31-2)10-15(8-12)32-3)27-28-20(29)33-11-18(30)26-17-9-13(21(23,24)25)5-6-16(17)22/h5-10H,4,11H2,1-3H3,(H,26,30). The number of nitrogens with one attached hydrogen (secondary N) is 1. The Kier molecular flexibility index (Phi) is 7.75. The first-order valence-corrected chi connectivity index (χ1v) is 11.0. The summed E-state index contributed by atoms with van der Waals surface area (Å²) in [4.78, 5) is 12.4. The third kappa shape index (κ3) is 5.91. The van der Waals surface area contributed by atoms with E-state index >= 15 is 0 Å². The Morgan fingerprint density at radius 3 is 2.36 bits per heavy atom. The predicted molar refractivity (Wildman–Crippen MR) is 120 cm³/mol. The summed E-state index contributed by atoms with van der Waals surface area (Å²) >= 11 is 7.04. The van der Waals surface area contributed by atoms with Crippen molar-refractivity contribution in [3.63, 3.8) is 0 Å². The van der Waals surface area contributed by atoms with Crippen molar-refractivity contribution in [2.75, 3.05) is 25.3 Å². The second-order valence-corrected chi connectivity index (χ2v) is 8.03. The fourth-order valence-corrected chi connectivity index (χ4v) is 3.91. The number of ether oxygens (including phenoxy) is 2. The van der Waals surface area contributed by atoms with Gasteiger partial charge in [-0.1, -0.05) is 23.4 Å². The summed E-state index contributed by atoms with van der Waals surface area (Å²) in [5.74, 6) is 1.09. The van der Waals surface area contributed by atoms with Gasteiger partial charge in [0.1, 0.15) is 11.5 Å². The van der Waals surface area contributed by atoms with Gasteiger partial charge in [0.05, 0.1) is 36.2 Å². The zero-order valence-electron chi connectivity index (χ0n) is 17.9. The van der Waals surface area contributed by atoms with Crippen molar-refractivity contribution in [3.05, 3.63) is 47.0 Å². The van der Waals surface area contributed by atoms with E-state index in [0.29, 0.717) is 34.6 Å². The maximum atomic E-state index is 12.9. The van der Waals surface area contributed by atoms with Crippen molar-refractivity contribution in [1.29, 1.82) is 0 Å². The molecule has 0 aliphatic heterocycles. The van der Waals surface area contributed by atoms with E-state index in [2.05, 4.69) is 15.5 Å². The van der Waals surface area contributed by atoms with Gasteiger partial charge in [0.25, 0.3) is 0 Å². The van der Waals surface area contributed by atoms with Crippen molar-refractivity contribution < 1.29 is 27.4 Å². The lowest BCUT2D eigenvalue weighted by Crippen LogP contribution is -2.16. The van der Waals surface area contributed by atoms with E-state index in [4.69, 9.17) is 21.1 Å². The van der Waals surface area contributed by atoms with Crippen LogP contribution in [0.1, 0.15) is 12.5 Å². The number of hydrogen-bond acceptors (Lipinski definition) is 6. The molecule has 0 aliphatic rings. The average molecular weight is 501 g/mol. The zero-order chi connectivity index (χ0) is 24.2. The Bertz CT molecular complexity index is 1130. The van der Waals surface area contributed by atoms with Crippen molar-refractivity contribution in [1.82, 2.24) is 14.8 Å². The van der Waals surface area contributed by atoms with Gasteiger partial charge in [-0.2, -0.15) is 13.2 Å². The van der Waals surface area contributed by atoms with E-state index in [0.717, 1.165) is 30.0 Å². The maximum absolute atomic E-state index is 12.9. The van der Waals surface area contributed by atoms with Crippen LogP contribution in [-0.4, -0.2) is 40.6 Å². The Hall–Kier alpha value is -2.92. The molecule has 3 aromatic rings. The number of anilines is 1. The van der Waals surface area contributed by atoms with Gasteiger partial charge in [-0.05, 0) is 37.3 Å². The minimum atomic E-state index is -4.55. The molecule has 1 N–H and O–H groups in total. The lowest BCUT2D eigenvalue weighted by Gasteiger charge is -2.12. The topological polar surface area (TPSA) is 78.3 Å². The Morgan fingerprint density at radius 2 is 1.79 bits per heavy atom. The number of hydrogen-bond donors (Lipinski definition) is 1. The van der Waals surface area contributed by atoms with Crippen LogP contribution in [0.3, 0.4) is 0 Å². The van der Waals surface area contributed by atoms with Crippen LogP contribution in [-0.2, 0) is 17.5 Å². The molecule has 0 saturated heterocycles. The van der Waals surface area contributed by atoms with Crippen LogP contribution >= 0.6 is 23.4 Å². The molecule has 2 aromatic carbocycles. The predicted octanol–water partition coefficient (Wildman–Crippen LogP) is 5.39. The number of carbonyl (C=O) groups is 1. The first kappa shape index (κ1) is 24.7. The molecule has 0 spiro atoms.